The van der Waals surface area contributed by atoms with Gasteiger partial charge in [-0.2, -0.15) is 0 Å². The van der Waals surface area contributed by atoms with Crippen LogP contribution in [0.2, 0.25) is 0 Å². The third kappa shape index (κ3) is 4.40. The van der Waals surface area contributed by atoms with Crippen LogP contribution in [-0.2, 0) is 0 Å². The van der Waals surface area contributed by atoms with Crippen LogP contribution >= 0.6 is 31.9 Å². The van der Waals surface area contributed by atoms with E-state index in [1.807, 2.05) is 12.1 Å². The van der Waals surface area contributed by atoms with Gasteiger partial charge >= 0.3 is 0 Å². The van der Waals surface area contributed by atoms with Crippen LogP contribution in [0.15, 0.2) is 21.1 Å². The molecule has 1 atom stereocenters. The van der Waals surface area contributed by atoms with Gasteiger partial charge in [-0.3, -0.25) is 0 Å². The molecule has 3 aliphatic rings. The van der Waals surface area contributed by atoms with E-state index in [4.69, 9.17) is 4.74 Å². The van der Waals surface area contributed by atoms with Crippen molar-refractivity contribution in [1.82, 2.24) is 9.80 Å². The largest absolute Gasteiger partial charge is 0.491 e. The lowest BCUT2D eigenvalue weighted by molar-refractivity contribution is -0.0750. The Kier molecular flexibility index (Phi) is 6.49. The van der Waals surface area contributed by atoms with Crippen LogP contribution in [-0.4, -0.2) is 60.8 Å². The fourth-order valence-corrected chi connectivity index (χ4v) is 6.37. The van der Waals surface area contributed by atoms with Crippen molar-refractivity contribution >= 4 is 31.9 Å². The number of ether oxygens (including phenoxy) is 1. The number of rotatable bonds is 4. The number of piperidine rings is 2. The van der Waals surface area contributed by atoms with E-state index in [1.54, 1.807) is 0 Å². The minimum absolute atomic E-state index is 0.276. The molecule has 0 radical (unpaired) electrons. The van der Waals surface area contributed by atoms with Crippen LogP contribution in [0.25, 0.3) is 0 Å². The number of fused-ring (bicyclic) bond motifs is 1. The molecule has 2 fully saturated rings. The minimum Gasteiger partial charge on any atom is -0.491 e. The van der Waals surface area contributed by atoms with Crippen molar-refractivity contribution in [2.24, 2.45) is 5.41 Å². The quantitative estimate of drug-likeness (QED) is 0.654. The van der Waals surface area contributed by atoms with Gasteiger partial charge in [-0.25, -0.2) is 0 Å². The highest BCUT2D eigenvalue weighted by molar-refractivity contribution is 9.11. The van der Waals surface area contributed by atoms with E-state index < -0.39 is 6.10 Å². The van der Waals surface area contributed by atoms with Gasteiger partial charge in [-0.05, 0) is 79.9 Å². The number of hydrogen-bond donors (Lipinski definition) is 1. The lowest BCUT2D eigenvalue weighted by atomic mass is 9.76. The van der Waals surface area contributed by atoms with Crippen LogP contribution in [0.1, 0.15) is 50.2 Å². The molecule has 27 heavy (non-hydrogen) atoms. The molecule has 1 N–H and O–H groups in total. The molecule has 6 heteroatoms. The monoisotopic (exact) mass is 500 g/mol. The smallest absolute Gasteiger partial charge is 0.139 e. The molecule has 0 saturated carbocycles. The highest BCUT2D eigenvalue weighted by Gasteiger charge is 2.47. The molecule has 0 amide bonds. The van der Waals surface area contributed by atoms with Gasteiger partial charge < -0.3 is 19.6 Å². The van der Waals surface area contributed by atoms with Gasteiger partial charge in [0.05, 0.1) is 22.6 Å². The average Bonchev–Trinajstić information content (AvgIpc) is 2.67. The second-order valence-electron chi connectivity index (χ2n) is 8.53. The lowest BCUT2D eigenvalue weighted by Gasteiger charge is -2.48. The molecule has 1 aromatic rings. The maximum Gasteiger partial charge on any atom is 0.139 e. The number of aliphatic hydroxyl groups excluding tert-OH is 1. The first-order chi connectivity index (χ1) is 13.1. The number of likely N-dealkylation sites (tertiary alicyclic amines) is 2. The predicted octanol–water partition coefficient (Wildman–Crippen LogP) is 4.60. The number of benzene rings is 1. The Hall–Kier alpha value is -0.140. The molecule has 2 saturated heterocycles. The average molecular weight is 502 g/mol. The van der Waals surface area contributed by atoms with Gasteiger partial charge in [0, 0.05) is 23.1 Å². The minimum atomic E-state index is -0.515. The summed E-state index contributed by atoms with van der Waals surface area (Å²) < 4.78 is 8.18. The molecule has 0 aliphatic carbocycles. The summed E-state index contributed by atoms with van der Waals surface area (Å²) in [5.74, 6) is 0.804. The lowest BCUT2D eigenvalue weighted by Crippen LogP contribution is -2.55. The zero-order valence-corrected chi connectivity index (χ0v) is 19.1. The summed E-state index contributed by atoms with van der Waals surface area (Å²) in [7, 11) is 0. The Morgan fingerprint density at radius 2 is 1.48 bits per heavy atom. The van der Waals surface area contributed by atoms with Gasteiger partial charge in [-0.1, -0.05) is 28.8 Å². The van der Waals surface area contributed by atoms with E-state index in [0.29, 0.717) is 6.61 Å². The van der Waals surface area contributed by atoms with E-state index in [0.717, 1.165) is 59.5 Å². The predicted molar refractivity (Wildman–Crippen MR) is 115 cm³/mol. The van der Waals surface area contributed by atoms with E-state index in [9.17, 15) is 5.11 Å². The summed E-state index contributed by atoms with van der Waals surface area (Å²) >= 11 is 7.19. The van der Waals surface area contributed by atoms with Crippen molar-refractivity contribution in [3.8, 4) is 5.75 Å². The Morgan fingerprint density at radius 3 is 2.04 bits per heavy atom. The van der Waals surface area contributed by atoms with E-state index >= 15 is 0 Å². The summed E-state index contributed by atoms with van der Waals surface area (Å²) in [4.78, 5) is 5.11. The second-order valence-corrected chi connectivity index (χ2v) is 10.3. The van der Waals surface area contributed by atoms with E-state index in [2.05, 4.69) is 41.7 Å². The highest BCUT2D eigenvalue weighted by atomic mass is 79.9. The summed E-state index contributed by atoms with van der Waals surface area (Å²) in [6.45, 7) is 6.97. The van der Waals surface area contributed by atoms with Crippen molar-refractivity contribution in [2.45, 2.75) is 44.6 Å². The van der Waals surface area contributed by atoms with Gasteiger partial charge in [0.1, 0.15) is 5.75 Å². The molecule has 3 heterocycles. The van der Waals surface area contributed by atoms with Crippen molar-refractivity contribution in [3.05, 3.63) is 26.6 Å². The third-order valence-electron chi connectivity index (χ3n) is 6.39. The maximum absolute atomic E-state index is 11.6. The SMILES string of the molecule is O[C@H]1c2cc(Br)cc(Br)c2OCC1(CN1CCCCC1)CN1CCCCC1. The Balaban J connectivity index is 1.64. The molecule has 0 aromatic heterocycles. The van der Waals surface area contributed by atoms with Crippen molar-refractivity contribution in [3.63, 3.8) is 0 Å². The number of halogens is 2. The fraction of sp³-hybridized carbons (Fsp3) is 0.714. The van der Waals surface area contributed by atoms with Crippen LogP contribution < -0.4 is 4.74 Å². The second kappa shape index (κ2) is 8.70. The molecule has 150 valence electrons. The molecule has 0 unspecified atom stereocenters. The van der Waals surface area contributed by atoms with Crippen molar-refractivity contribution in [1.29, 1.82) is 0 Å². The Morgan fingerprint density at radius 1 is 0.926 bits per heavy atom. The van der Waals surface area contributed by atoms with Crippen LogP contribution in [0.4, 0.5) is 0 Å². The first-order valence-corrected chi connectivity index (χ1v) is 11.9. The summed E-state index contributed by atoms with van der Waals surface area (Å²) in [6, 6.07) is 4.03. The normalized spacial score (nSPS) is 26.4. The Bertz CT molecular complexity index is 638. The van der Waals surface area contributed by atoms with Gasteiger partial charge in [0.2, 0.25) is 0 Å². The van der Waals surface area contributed by atoms with Crippen molar-refractivity contribution in [2.75, 3.05) is 45.9 Å². The molecule has 3 aliphatic heterocycles. The van der Waals surface area contributed by atoms with Gasteiger partial charge in [0.25, 0.3) is 0 Å². The highest BCUT2D eigenvalue weighted by Crippen LogP contribution is 2.48. The van der Waals surface area contributed by atoms with Gasteiger partial charge in [-0.15, -0.1) is 0 Å². The number of hydrogen-bond acceptors (Lipinski definition) is 4. The molecule has 1 aromatic carbocycles. The zero-order valence-electron chi connectivity index (χ0n) is 15.9. The summed E-state index contributed by atoms with van der Waals surface area (Å²) in [5.41, 5.74) is 0.638. The van der Waals surface area contributed by atoms with Crippen LogP contribution in [0.5, 0.6) is 5.75 Å². The summed E-state index contributed by atoms with van der Waals surface area (Å²) in [5, 5.41) is 11.6. The number of aliphatic hydroxyl groups is 1. The van der Waals surface area contributed by atoms with E-state index in [-0.39, 0.29) is 5.41 Å². The van der Waals surface area contributed by atoms with E-state index in [1.165, 1.54) is 38.5 Å². The molecule has 4 nitrogen and oxygen atoms in total. The third-order valence-corrected chi connectivity index (χ3v) is 7.44. The Labute approximate surface area is 179 Å². The topological polar surface area (TPSA) is 35.9 Å². The molecular weight excluding hydrogens is 472 g/mol. The molecule has 0 bridgehead atoms. The van der Waals surface area contributed by atoms with Crippen molar-refractivity contribution < 1.29 is 9.84 Å². The first-order valence-electron chi connectivity index (χ1n) is 10.3. The first kappa shape index (κ1) is 20.1. The van der Waals surface area contributed by atoms with Crippen LogP contribution in [0.3, 0.4) is 0 Å². The molecule has 4 rings (SSSR count). The van der Waals surface area contributed by atoms with Crippen LogP contribution in [0, 0.1) is 5.41 Å². The molecule has 0 spiro atoms. The molecular formula is C21H30Br2N2O2. The zero-order chi connectivity index (χ0) is 18.9. The maximum atomic E-state index is 11.6. The number of nitrogens with zero attached hydrogens (tertiary/aromatic N) is 2. The fourth-order valence-electron chi connectivity index (χ4n) is 5.00. The summed E-state index contributed by atoms with van der Waals surface area (Å²) in [6.07, 6.45) is 7.22. The standard InChI is InChI=1S/C21H30Br2N2O2/c22-16-11-17-19(18(23)12-16)27-15-21(20(17)26,13-24-7-3-1-4-8-24)14-25-9-5-2-6-10-25/h11-12,20,26H,1-10,13-15H2/t20-/m0/s1. The van der Waals surface area contributed by atoms with Gasteiger partial charge in [0.15, 0.2) is 0 Å².